The number of hydrogen-bond acceptors (Lipinski definition) is 7. The van der Waals surface area contributed by atoms with E-state index in [9.17, 15) is 9.00 Å². The van der Waals surface area contributed by atoms with Gasteiger partial charge < -0.3 is 0 Å². The topological polar surface area (TPSA) is 95.0 Å². The van der Waals surface area contributed by atoms with Crippen molar-refractivity contribution in [3.05, 3.63) is 47.4 Å². The van der Waals surface area contributed by atoms with Gasteiger partial charge in [0.1, 0.15) is 5.39 Å². The fraction of sp³-hybridized carbons (Fsp3) is 0.294. The summed E-state index contributed by atoms with van der Waals surface area (Å²) in [5.74, 6) is 2.10. The molecular weight excluding hydrogens is 384 g/mol. The number of nitrogens with zero attached hydrogens (tertiary/aromatic N) is 6. The summed E-state index contributed by atoms with van der Waals surface area (Å²) >= 11 is 1.39. The highest BCUT2D eigenvalue weighted by Crippen LogP contribution is 2.22. The molecule has 4 heterocycles. The first-order valence-electron chi connectivity index (χ1n) is 8.38. The minimum absolute atomic E-state index is 0.216. The van der Waals surface area contributed by atoms with Gasteiger partial charge in [-0.15, -0.1) is 6.58 Å². The van der Waals surface area contributed by atoms with E-state index in [1.807, 2.05) is 6.26 Å². The molecule has 1 saturated heterocycles. The monoisotopic (exact) mass is 402 g/mol. The molecule has 1 aliphatic rings. The molecule has 27 heavy (non-hydrogen) atoms. The van der Waals surface area contributed by atoms with Gasteiger partial charge in [0.2, 0.25) is 0 Å². The molecule has 0 unspecified atom stereocenters. The van der Waals surface area contributed by atoms with Gasteiger partial charge in [0.05, 0.1) is 16.3 Å². The van der Waals surface area contributed by atoms with E-state index in [1.54, 1.807) is 29.0 Å². The second-order valence-corrected chi connectivity index (χ2v) is 9.38. The SMILES string of the molecule is C=CCn1c(=O)c2cnc(SC)nc2n1-c1cccc(N=S2(=O)CCC2)n1. The van der Waals surface area contributed by atoms with Crippen molar-refractivity contribution >= 4 is 38.3 Å². The second-order valence-electron chi connectivity index (χ2n) is 6.06. The molecule has 10 heteroatoms. The Hall–Kier alpha value is -2.46. The average Bonchev–Trinajstić information content (AvgIpc) is 2.92. The molecule has 0 amide bonds. The lowest BCUT2D eigenvalue weighted by atomic mass is 10.4. The first-order valence-corrected chi connectivity index (χ1v) is 11.5. The lowest BCUT2D eigenvalue weighted by Crippen LogP contribution is -2.23. The summed E-state index contributed by atoms with van der Waals surface area (Å²) in [5.41, 5.74) is 0.255. The molecule has 8 nitrogen and oxygen atoms in total. The zero-order valence-electron chi connectivity index (χ0n) is 14.7. The maximum Gasteiger partial charge on any atom is 0.278 e. The molecule has 0 spiro atoms. The number of pyridine rings is 1. The zero-order valence-corrected chi connectivity index (χ0v) is 16.4. The van der Waals surface area contributed by atoms with Crippen LogP contribution in [0.25, 0.3) is 16.9 Å². The van der Waals surface area contributed by atoms with Crippen LogP contribution in [-0.2, 0) is 16.3 Å². The molecule has 1 fully saturated rings. The summed E-state index contributed by atoms with van der Waals surface area (Å²) in [7, 11) is -2.17. The van der Waals surface area contributed by atoms with E-state index in [-0.39, 0.29) is 5.56 Å². The molecule has 0 saturated carbocycles. The Bertz CT molecular complexity index is 1210. The Morgan fingerprint density at radius 3 is 2.85 bits per heavy atom. The lowest BCUT2D eigenvalue weighted by Gasteiger charge is -2.17. The van der Waals surface area contributed by atoms with E-state index in [0.29, 0.717) is 45.9 Å². The molecular formula is C17H18N6O2S2. The van der Waals surface area contributed by atoms with Gasteiger partial charge in [-0.3, -0.25) is 4.79 Å². The predicted octanol–water partition coefficient (Wildman–Crippen LogP) is 2.39. The molecule has 0 atom stereocenters. The minimum atomic E-state index is -2.17. The molecule has 3 aromatic heterocycles. The smallest absolute Gasteiger partial charge is 0.267 e. The highest BCUT2D eigenvalue weighted by molar-refractivity contribution is 7.98. The third-order valence-corrected chi connectivity index (χ3v) is 7.20. The van der Waals surface area contributed by atoms with Crippen molar-refractivity contribution in [1.82, 2.24) is 24.3 Å². The summed E-state index contributed by atoms with van der Waals surface area (Å²) in [4.78, 5) is 26.0. The van der Waals surface area contributed by atoms with Gasteiger partial charge in [-0.25, -0.2) is 28.5 Å². The van der Waals surface area contributed by atoms with E-state index in [4.69, 9.17) is 0 Å². The van der Waals surface area contributed by atoms with E-state index in [1.165, 1.54) is 22.6 Å². The van der Waals surface area contributed by atoms with Gasteiger partial charge in [-0.05, 0) is 24.8 Å². The van der Waals surface area contributed by atoms with E-state index in [2.05, 4.69) is 25.9 Å². The Morgan fingerprint density at radius 2 is 2.19 bits per heavy atom. The Labute approximate surface area is 160 Å². The van der Waals surface area contributed by atoms with Gasteiger partial charge in [-0.1, -0.05) is 23.9 Å². The predicted molar refractivity (Wildman–Crippen MR) is 107 cm³/mol. The third-order valence-electron chi connectivity index (χ3n) is 4.26. The quantitative estimate of drug-likeness (QED) is 0.369. The molecule has 3 aromatic rings. The molecule has 0 radical (unpaired) electrons. The van der Waals surface area contributed by atoms with E-state index < -0.39 is 9.73 Å². The number of rotatable bonds is 5. The maximum absolute atomic E-state index is 12.8. The molecule has 0 N–H and O–H groups in total. The van der Waals surface area contributed by atoms with Gasteiger partial charge in [0, 0.05) is 17.7 Å². The molecule has 0 aromatic carbocycles. The molecule has 1 aliphatic heterocycles. The number of aromatic nitrogens is 5. The molecule has 0 aliphatic carbocycles. The van der Waals surface area contributed by atoms with Gasteiger partial charge in [0.15, 0.2) is 22.4 Å². The van der Waals surface area contributed by atoms with Crippen LogP contribution in [0.15, 0.2) is 51.4 Å². The third kappa shape index (κ3) is 3.19. The van der Waals surface area contributed by atoms with Crippen LogP contribution in [0, 0.1) is 0 Å². The standard InChI is InChI=1S/C17H18N6O2S2/c1-3-8-22-16(24)12-11-18-17(26-2)20-15(12)23(22)14-7-4-6-13(19-14)21-27(25)9-5-10-27/h3-4,6-7,11H,1,5,8-10H2,2H3. The summed E-state index contributed by atoms with van der Waals surface area (Å²) in [6.07, 6.45) is 5.97. The fourth-order valence-electron chi connectivity index (χ4n) is 2.87. The van der Waals surface area contributed by atoms with Gasteiger partial charge >= 0.3 is 0 Å². The first kappa shape index (κ1) is 17.9. The van der Waals surface area contributed by atoms with Crippen LogP contribution < -0.4 is 5.56 Å². The van der Waals surface area contributed by atoms with Gasteiger partial charge in [0.25, 0.3) is 5.56 Å². The number of allylic oxidation sites excluding steroid dienone is 1. The Balaban J connectivity index is 1.96. The largest absolute Gasteiger partial charge is 0.278 e. The van der Waals surface area contributed by atoms with Crippen molar-refractivity contribution < 1.29 is 4.21 Å². The van der Waals surface area contributed by atoms with Crippen molar-refractivity contribution in [1.29, 1.82) is 0 Å². The Morgan fingerprint density at radius 1 is 1.37 bits per heavy atom. The van der Waals surface area contributed by atoms with Crippen LogP contribution in [-0.4, -0.2) is 46.3 Å². The average molecular weight is 403 g/mol. The zero-order chi connectivity index (χ0) is 19.0. The molecule has 4 rings (SSSR count). The van der Waals surface area contributed by atoms with Crippen molar-refractivity contribution in [2.45, 2.75) is 18.1 Å². The van der Waals surface area contributed by atoms with Crippen LogP contribution in [0.5, 0.6) is 0 Å². The van der Waals surface area contributed by atoms with Gasteiger partial charge in [-0.2, -0.15) is 4.36 Å². The van der Waals surface area contributed by atoms with E-state index in [0.717, 1.165) is 6.42 Å². The summed E-state index contributed by atoms with van der Waals surface area (Å²) < 4.78 is 19.9. The van der Waals surface area contributed by atoms with Crippen molar-refractivity contribution in [3.8, 4) is 5.82 Å². The van der Waals surface area contributed by atoms with Crippen molar-refractivity contribution in [2.24, 2.45) is 4.36 Å². The summed E-state index contributed by atoms with van der Waals surface area (Å²) in [5, 5.41) is 0.967. The highest BCUT2D eigenvalue weighted by atomic mass is 32.2. The first-order chi connectivity index (χ1) is 13.0. The second kappa shape index (κ2) is 6.93. The van der Waals surface area contributed by atoms with Crippen LogP contribution in [0.2, 0.25) is 0 Å². The van der Waals surface area contributed by atoms with E-state index >= 15 is 0 Å². The fourth-order valence-corrected chi connectivity index (χ4v) is 4.61. The minimum Gasteiger partial charge on any atom is -0.267 e. The van der Waals surface area contributed by atoms with Crippen molar-refractivity contribution in [2.75, 3.05) is 17.8 Å². The number of fused-ring (bicyclic) bond motifs is 1. The molecule has 140 valence electrons. The van der Waals surface area contributed by atoms with Crippen LogP contribution in [0.4, 0.5) is 5.82 Å². The Kier molecular flexibility index (Phi) is 4.60. The van der Waals surface area contributed by atoms with Crippen LogP contribution in [0.3, 0.4) is 0 Å². The maximum atomic E-state index is 12.8. The lowest BCUT2D eigenvalue weighted by molar-refractivity contribution is 0.596. The summed E-state index contributed by atoms with van der Waals surface area (Å²) in [6.45, 7) is 4.03. The van der Waals surface area contributed by atoms with Crippen molar-refractivity contribution in [3.63, 3.8) is 0 Å². The highest BCUT2D eigenvalue weighted by Gasteiger charge is 2.21. The normalized spacial score (nSPS) is 15.4. The summed E-state index contributed by atoms with van der Waals surface area (Å²) in [6, 6.07) is 5.28. The van der Waals surface area contributed by atoms with Crippen LogP contribution in [0.1, 0.15) is 6.42 Å². The number of hydrogen-bond donors (Lipinski definition) is 0. The number of thioether (sulfide) groups is 1. The van der Waals surface area contributed by atoms with Crippen LogP contribution >= 0.6 is 11.8 Å². The molecule has 0 bridgehead atoms.